The van der Waals surface area contributed by atoms with E-state index in [4.69, 9.17) is 21.7 Å². The van der Waals surface area contributed by atoms with Gasteiger partial charge < -0.3 is 9.47 Å². The second kappa shape index (κ2) is 12.2. The fraction of sp³-hybridized carbons (Fsp3) is 0.211. The normalized spacial score (nSPS) is 10.1. The SMILES string of the molecule is CCc1ccc(OCC(=O)NC(=S)NNC(=O)COc2ccc(Br)cc2Br)c(Br)c1. The van der Waals surface area contributed by atoms with Crippen LogP contribution in [0.15, 0.2) is 49.8 Å². The Balaban J connectivity index is 1.69. The summed E-state index contributed by atoms with van der Waals surface area (Å²) in [5.41, 5.74) is 5.92. The first-order valence-electron chi connectivity index (χ1n) is 8.66. The molecular weight excluding hydrogens is 606 g/mol. The number of carbonyl (C=O) groups is 2. The number of hydrogen-bond acceptors (Lipinski definition) is 5. The van der Waals surface area contributed by atoms with Crippen molar-refractivity contribution in [3.8, 4) is 11.5 Å². The summed E-state index contributed by atoms with van der Waals surface area (Å²) in [6.45, 7) is 1.57. The third kappa shape index (κ3) is 8.21. The van der Waals surface area contributed by atoms with E-state index >= 15 is 0 Å². The Morgan fingerprint density at radius 1 is 0.900 bits per heavy atom. The summed E-state index contributed by atoms with van der Waals surface area (Å²) in [7, 11) is 0. The minimum atomic E-state index is -0.474. The lowest BCUT2D eigenvalue weighted by molar-refractivity contribution is -0.124. The van der Waals surface area contributed by atoms with Gasteiger partial charge in [-0.2, -0.15) is 0 Å². The molecule has 0 saturated heterocycles. The van der Waals surface area contributed by atoms with Crippen LogP contribution in [0, 0.1) is 0 Å². The molecule has 0 radical (unpaired) electrons. The van der Waals surface area contributed by atoms with Crippen molar-refractivity contribution in [1.29, 1.82) is 0 Å². The minimum absolute atomic E-state index is 0.0674. The fourth-order valence-electron chi connectivity index (χ4n) is 2.12. The molecule has 0 spiro atoms. The molecule has 0 aliphatic rings. The van der Waals surface area contributed by atoms with Crippen molar-refractivity contribution in [3.63, 3.8) is 0 Å². The van der Waals surface area contributed by atoms with Crippen LogP contribution in [0.4, 0.5) is 0 Å². The Bertz CT molecular complexity index is 943. The molecular formula is C19H18Br3N3O4S. The molecule has 3 N–H and O–H groups in total. The van der Waals surface area contributed by atoms with Gasteiger partial charge in [-0.15, -0.1) is 0 Å². The zero-order valence-corrected chi connectivity index (χ0v) is 21.3. The van der Waals surface area contributed by atoms with Crippen LogP contribution >= 0.6 is 60.0 Å². The Kier molecular flexibility index (Phi) is 10.0. The van der Waals surface area contributed by atoms with Crippen LogP contribution in [0.5, 0.6) is 11.5 Å². The number of nitrogens with one attached hydrogen (secondary N) is 3. The van der Waals surface area contributed by atoms with Crippen molar-refractivity contribution < 1.29 is 19.1 Å². The van der Waals surface area contributed by atoms with Crippen molar-refractivity contribution in [3.05, 3.63) is 55.4 Å². The topological polar surface area (TPSA) is 88.7 Å². The lowest BCUT2D eigenvalue weighted by atomic mass is 10.2. The van der Waals surface area contributed by atoms with Crippen LogP contribution in [-0.4, -0.2) is 30.1 Å². The van der Waals surface area contributed by atoms with E-state index in [1.165, 1.54) is 0 Å². The van der Waals surface area contributed by atoms with Crippen molar-refractivity contribution in [2.75, 3.05) is 13.2 Å². The van der Waals surface area contributed by atoms with Crippen molar-refractivity contribution in [2.45, 2.75) is 13.3 Å². The maximum atomic E-state index is 12.0. The maximum Gasteiger partial charge on any atom is 0.276 e. The summed E-state index contributed by atoms with van der Waals surface area (Å²) in [5, 5.41) is 2.34. The summed E-state index contributed by atoms with van der Waals surface area (Å²) in [6, 6.07) is 11.0. The van der Waals surface area contributed by atoms with Crippen molar-refractivity contribution in [2.24, 2.45) is 0 Å². The van der Waals surface area contributed by atoms with E-state index < -0.39 is 11.8 Å². The van der Waals surface area contributed by atoms with E-state index in [0.29, 0.717) is 16.0 Å². The molecule has 2 amide bonds. The Labute approximate surface area is 204 Å². The first-order chi connectivity index (χ1) is 14.3. The third-order valence-corrected chi connectivity index (χ3v) is 5.52. The molecule has 0 unspecified atom stereocenters. The second-order valence-corrected chi connectivity index (χ2v) is 8.85. The summed E-state index contributed by atoms with van der Waals surface area (Å²) >= 11 is 15.1. The van der Waals surface area contributed by atoms with Crippen LogP contribution in [0.3, 0.4) is 0 Å². The van der Waals surface area contributed by atoms with E-state index in [1.54, 1.807) is 24.3 Å². The second-order valence-electron chi connectivity index (χ2n) is 5.82. The summed E-state index contributed by atoms with van der Waals surface area (Å²) < 4.78 is 13.2. The summed E-state index contributed by atoms with van der Waals surface area (Å²) in [6.07, 6.45) is 0.899. The van der Waals surface area contributed by atoms with Crippen LogP contribution in [0.2, 0.25) is 0 Å². The summed E-state index contributed by atoms with van der Waals surface area (Å²) in [5.74, 6) is 0.117. The average molecular weight is 624 g/mol. The van der Waals surface area contributed by atoms with E-state index in [0.717, 1.165) is 20.9 Å². The third-order valence-electron chi connectivity index (χ3n) is 3.58. The van der Waals surface area contributed by atoms with Gasteiger partial charge in [-0.05, 0) is 86.4 Å². The quantitative estimate of drug-likeness (QED) is 0.319. The zero-order valence-electron chi connectivity index (χ0n) is 15.8. The summed E-state index contributed by atoms with van der Waals surface area (Å²) in [4.78, 5) is 23.8. The molecule has 0 aliphatic heterocycles. The minimum Gasteiger partial charge on any atom is -0.483 e. The molecule has 0 heterocycles. The molecule has 0 atom stereocenters. The molecule has 0 saturated carbocycles. The van der Waals surface area contributed by atoms with Gasteiger partial charge in [0.05, 0.1) is 8.95 Å². The molecule has 2 rings (SSSR count). The molecule has 160 valence electrons. The number of halogens is 3. The number of carbonyl (C=O) groups excluding carboxylic acids is 2. The molecule has 7 nitrogen and oxygen atoms in total. The number of aryl methyl sites for hydroxylation is 1. The first-order valence-corrected chi connectivity index (χ1v) is 11.4. The maximum absolute atomic E-state index is 12.0. The predicted octanol–water partition coefficient (Wildman–Crippen LogP) is 4.02. The highest BCUT2D eigenvalue weighted by Gasteiger charge is 2.10. The van der Waals surface area contributed by atoms with Crippen molar-refractivity contribution in [1.82, 2.24) is 16.2 Å². The molecule has 11 heteroatoms. The lowest BCUT2D eigenvalue weighted by Gasteiger charge is -2.13. The number of amides is 2. The highest BCUT2D eigenvalue weighted by molar-refractivity contribution is 9.11. The van der Waals surface area contributed by atoms with E-state index in [1.807, 2.05) is 19.1 Å². The Morgan fingerprint density at radius 3 is 2.10 bits per heavy atom. The molecule has 2 aromatic rings. The van der Waals surface area contributed by atoms with Crippen LogP contribution in [-0.2, 0) is 16.0 Å². The smallest absolute Gasteiger partial charge is 0.276 e. The van der Waals surface area contributed by atoms with Gasteiger partial charge in [0.25, 0.3) is 11.8 Å². The highest BCUT2D eigenvalue weighted by Crippen LogP contribution is 2.28. The standard InChI is InChI=1S/C19H18Br3N3O4S/c1-2-11-3-5-15(13(21)7-11)28-9-17(26)23-19(30)25-24-18(27)10-29-16-6-4-12(20)8-14(16)22/h3-8H,2,9-10H2,1H3,(H,24,27)(H2,23,25,26,30). The van der Waals surface area contributed by atoms with E-state index in [2.05, 4.69) is 64.0 Å². The van der Waals surface area contributed by atoms with Gasteiger partial charge in [0.15, 0.2) is 18.3 Å². The van der Waals surface area contributed by atoms with Crippen LogP contribution in [0.1, 0.15) is 12.5 Å². The largest absolute Gasteiger partial charge is 0.483 e. The first kappa shape index (κ1) is 24.6. The zero-order chi connectivity index (χ0) is 22.1. The number of benzene rings is 2. The number of hydrogen-bond donors (Lipinski definition) is 3. The number of thiocarbonyl (C=S) groups is 1. The van der Waals surface area contributed by atoms with Crippen LogP contribution in [0.25, 0.3) is 0 Å². The molecule has 2 aromatic carbocycles. The van der Waals surface area contributed by atoms with Gasteiger partial charge in [-0.1, -0.05) is 28.9 Å². The van der Waals surface area contributed by atoms with Gasteiger partial charge in [-0.25, -0.2) is 0 Å². The molecule has 0 aliphatic carbocycles. The number of hydrazine groups is 1. The highest BCUT2D eigenvalue weighted by atomic mass is 79.9. The molecule has 0 fully saturated rings. The lowest BCUT2D eigenvalue weighted by Crippen LogP contribution is -2.50. The van der Waals surface area contributed by atoms with Gasteiger partial charge in [-0.3, -0.25) is 25.8 Å². The predicted molar refractivity (Wildman–Crippen MR) is 128 cm³/mol. The van der Waals surface area contributed by atoms with E-state index in [9.17, 15) is 9.59 Å². The Hall–Kier alpha value is -1.69. The number of ether oxygens (including phenoxy) is 2. The van der Waals surface area contributed by atoms with Gasteiger partial charge in [0.1, 0.15) is 11.5 Å². The van der Waals surface area contributed by atoms with Gasteiger partial charge in [0.2, 0.25) is 0 Å². The molecule has 30 heavy (non-hydrogen) atoms. The van der Waals surface area contributed by atoms with Crippen LogP contribution < -0.4 is 25.6 Å². The average Bonchev–Trinajstić information content (AvgIpc) is 2.70. The van der Waals surface area contributed by atoms with Crippen molar-refractivity contribution >= 4 is 76.9 Å². The van der Waals surface area contributed by atoms with Gasteiger partial charge in [0, 0.05) is 4.47 Å². The number of rotatable bonds is 7. The van der Waals surface area contributed by atoms with E-state index in [-0.39, 0.29) is 18.3 Å². The fourth-order valence-corrected chi connectivity index (χ4v) is 3.98. The molecule has 0 bridgehead atoms. The Morgan fingerprint density at radius 2 is 1.50 bits per heavy atom. The molecule has 0 aromatic heterocycles. The monoisotopic (exact) mass is 621 g/mol. The van der Waals surface area contributed by atoms with Gasteiger partial charge >= 0.3 is 0 Å².